The predicted molar refractivity (Wildman–Crippen MR) is 83.6 cm³/mol. The van der Waals surface area contributed by atoms with Gasteiger partial charge in [-0.2, -0.15) is 4.80 Å². The van der Waals surface area contributed by atoms with Crippen molar-refractivity contribution in [3.8, 4) is 22.9 Å². The van der Waals surface area contributed by atoms with E-state index in [2.05, 4.69) is 26.0 Å². The number of aromatic nitrogens is 4. The molecule has 0 aliphatic rings. The normalized spacial score (nSPS) is 10.1. The van der Waals surface area contributed by atoms with E-state index in [1.807, 2.05) is 0 Å². The van der Waals surface area contributed by atoms with E-state index in [4.69, 9.17) is 9.47 Å². The Bertz CT molecular complexity index is 730. The van der Waals surface area contributed by atoms with Gasteiger partial charge in [0.2, 0.25) is 11.7 Å². The lowest BCUT2D eigenvalue weighted by atomic mass is 10.2. The molecule has 3 amide bonds. The summed E-state index contributed by atoms with van der Waals surface area (Å²) >= 11 is 0. The molecule has 0 aliphatic heterocycles. The average Bonchev–Trinajstić information content (AvgIpc) is 3.08. The van der Waals surface area contributed by atoms with Gasteiger partial charge in [-0.05, 0) is 23.4 Å². The van der Waals surface area contributed by atoms with Crippen LogP contribution in [0.15, 0.2) is 18.2 Å². The molecule has 128 valence electrons. The number of imide groups is 1. The molecule has 0 saturated carbocycles. The van der Waals surface area contributed by atoms with E-state index in [9.17, 15) is 9.59 Å². The lowest BCUT2D eigenvalue weighted by molar-refractivity contribution is -0.120. The van der Waals surface area contributed by atoms with Gasteiger partial charge in [-0.1, -0.05) is 0 Å². The summed E-state index contributed by atoms with van der Waals surface area (Å²) in [6, 6.07) is 4.70. The van der Waals surface area contributed by atoms with Crippen molar-refractivity contribution in [1.29, 1.82) is 0 Å². The summed E-state index contributed by atoms with van der Waals surface area (Å²) in [5.74, 6) is 1.11. The summed E-state index contributed by atoms with van der Waals surface area (Å²) in [4.78, 5) is 23.8. The average molecular weight is 334 g/mol. The molecule has 1 heterocycles. The molecule has 0 atom stereocenters. The Hall–Kier alpha value is -3.17. The van der Waals surface area contributed by atoms with Crippen LogP contribution in [0.2, 0.25) is 0 Å². The second kappa shape index (κ2) is 7.90. The molecular weight excluding hydrogens is 316 g/mol. The van der Waals surface area contributed by atoms with Gasteiger partial charge in [0.15, 0.2) is 11.5 Å². The summed E-state index contributed by atoms with van der Waals surface area (Å²) in [6.07, 6.45) is 0.0507. The smallest absolute Gasteiger partial charge is 0.321 e. The lowest BCUT2D eigenvalue weighted by Crippen LogP contribution is -2.37. The number of ether oxygens (including phenoxy) is 2. The monoisotopic (exact) mass is 334 g/mol. The molecule has 10 heteroatoms. The number of aryl methyl sites for hydroxylation is 1. The van der Waals surface area contributed by atoms with Crippen LogP contribution in [0, 0.1) is 0 Å². The fourth-order valence-electron chi connectivity index (χ4n) is 1.88. The zero-order chi connectivity index (χ0) is 17.5. The largest absolute Gasteiger partial charge is 0.493 e. The summed E-state index contributed by atoms with van der Waals surface area (Å²) in [6.45, 7) is 0.198. The lowest BCUT2D eigenvalue weighted by Gasteiger charge is -2.07. The molecule has 0 unspecified atom stereocenters. The highest BCUT2D eigenvalue weighted by Gasteiger charge is 2.12. The Labute approximate surface area is 138 Å². The number of nitrogens with one attached hydrogen (secondary N) is 2. The maximum Gasteiger partial charge on any atom is 0.321 e. The Balaban J connectivity index is 2.03. The first-order valence-electron chi connectivity index (χ1n) is 7.09. The number of carbonyl (C=O) groups excluding carboxylic acids is 2. The molecule has 1 aromatic heterocycles. The van der Waals surface area contributed by atoms with Crippen molar-refractivity contribution in [3.05, 3.63) is 18.2 Å². The number of nitrogens with zero attached hydrogens (tertiary/aromatic N) is 4. The van der Waals surface area contributed by atoms with Crippen molar-refractivity contribution < 1.29 is 19.1 Å². The van der Waals surface area contributed by atoms with Crippen LogP contribution in [0.1, 0.15) is 6.42 Å². The highest BCUT2D eigenvalue weighted by Crippen LogP contribution is 2.30. The van der Waals surface area contributed by atoms with Crippen LogP contribution >= 0.6 is 0 Å². The standard InChI is InChI=1S/C14H18N6O4/c1-15-14(22)16-12(21)6-7-20-18-13(17-19-20)9-4-5-10(23-2)11(8-9)24-3/h4-5,8H,6-7H2,1-3H3,(H2,15,16,21,22). The zero-order valence-corrected chi connectivity index (χ0v) is 13.6. The molecule has 0 saturated heterocycles. The van der Waals surface area contributed by atoms with Crippen molar-refractivity contribution in [1.82, 2.24) is 30.8 Å². The number of tetrazole rings is 1. The summed E-state index contributed by atoms with van der Waals surface area (Å²) < 4.78 is 10.4. The number of methoxy groups -OCH3 is 2. The molecule has 0 spiro atoms. The number of urea groups is 1. The van der Waals surface area contributed by atoms with Crippen LogP contribution in [0.25, 0.3) is 11.4 Å². The van der Waals surface area contributed by atoms with Crippen LogP contribution in [0.3, 0.4) is 0 Å². The Morgan fingerprint density at radius 2 is 1.96 bits per heavy atom. The first-order chi connectivity index (χ1) is 11.6. The maximum atomic E-state index is 11.5. The first kappa shape index (κ1) is 17.2. The Kier molecular flexibility index (Phi) is 5.66. The van der Waals surface area contributed by atoms with Gasteiger partial charge < -0.3 is 14.8 Å². The molecule has 2 rings (SSSR count). The highest BCUT2D eigenvalue weighted by atomic mass is 16.5. The first-order valence-corrected chi connectivity index (χ1v) is 7.09. The predicted octanol–water partition coefficient (Wildman–Crippen LogP) is 0.203. The Morgan fingerprint density at radius 3 is 2.62 bits per heavy atom. The van der Waals surface area contributed by atoms with E-state index in [0.717, 1.165) is 0 Å². The van der Waals surface area contributed by atoms with Gasteiger partial charge in [0, 0.05) is 19.0 Å². The minimum Gasteiger partial charge on any atom is -0.493 e. The Morgan fingerprint density at radius 1 is 1.21 bits per heavy atom. The molecule has 0 radical (unpaired) electrons. The van der Waals surface area contributed by atoms with Crippen molar-refractivity contribution in [2.24, 2.45) is 0 Å². The minimum atomic E-state index is -0.558. The number of hydrogen-bond acceptors (Lipinski definition) is 7. The fraction of sp³-hybridized carbons (Fsp3) is 0.357. The van der Waals surface area contributed by atoms with Crippen molar-refractivity contribution in [2.45, 2.75) is 13.0 Å². The summed E-state index contributed by atoms with van der Waals surface area (Å²) in [5.41, 5.74) is 0.703. The van der Waals surface area contributed by atoms with Gasteiger partial charge in [0.1, 0.15) is 0 Å². The third-order valence-corrected chi connectivity index (χ3v) is 3.11. The molecule has 2 N–H and O–H groups in total. The number of carbonyl (C=O) groups is 2. The van der Waals surface area contributed by atoms with Crippen molar-refractivity contribution in [2.75, 3.05) is 21.3 Å². The maximum absolute atomic E-state index is 11.5. The minimum absolute atomic E-state index is 0.0507. The van der Waals surface area contributed by atoms with Crippen LogP contribution in [-0.2, 0) is 11.3 Å². The van der Waals surface area contributed by atoms with E-state index in [1.54, 1.807) is 25.3 Å². The van der Waals surface area contributed by atoms with Gasteiger partial charge in [-0.3, -0.25) is 10.1 Å². The number of amides is 3. The van der Waals surface area contributed by atoms with E-state index >= 15 is 0 Å². The molecule has 0 fully saturated rings. The third-order valence-electron chi connectivity index (χ3n) is 3.11. The topological polar surface area (TPSA) is 120 Å². The SMILES string of the molecule is CNC(=O)NC(=O)CCn1nnc(-c2ccc(OC)c(OC)c2)n1. The van der Waals surface area contributed by atoms with Crippen LogP contribution in [-0.4, -0.2) is 53.4 Å². The second-order valence-electron chi connectivity index (χ2n) is 4.66. The molecule has 24 heavy (non-hydrogen) atoms. The van der Waals surface area contributed by atoms with Gasteiger partial charge >= 0.3 is 6.03 Å². The third kappa shape index (κ3) is 4.18. The van der Waals surface area contributed by atoms with Crippen molar-refractivity contribution >= 4 is 11.9 Å². The number of benzene rings is 1. The molecule has 1 aromatic carbocycles. The fourth-order valence-corrected chi connectivity index (χ4v) is 1.88. The zero-order valence-electron chi connectivity index (χ0n) is 13.6. The van der Waals surface area contributed by atoms with Gasteiger partial charge in [-0.15, -0.1) is 10.2 Å². The van der Waals surface area contributed by atoms with Crippen LogP contribution in [0.4, 0.5) is 4.79 Å². The van der Waals surface area contributed by atoms with Gasteiger partial charge in [0.25, 0.3) is 0 Å². The van der Waals surface area contributed by atoms with E-state index in [0.29, 0.717) is 22.9 Å². The number of hydrogen-bond donors (Lipinski definition) is 2. The number of rotatable bonds is 6. The molecule has 2 aromatic rings. The molecule has 0 bridgehead atoms. The van der Waals surface area contributed by atoms with Crippen LogP contribution < -0.4 is 20.1 Å². The van der Waals surface area contributed by atoms with Gasteiger partial charge in [0.05, 0.1) is 20.8 Å². The highest BCUT2D eigenvalue weighted by molar-refractivity contribution is 5.94. The molecular formula is C14H18N6O4. The summed E-state index contributed by atoms with van der Waals surface area (Å²) in [7, 11) is 4.52. The van der Waals surface area contributed by atoms with Gasteiger partial charge in [-0.25, -0.2) is 4.79 Å². The second-order valence-corrected chi connectivity index (χ2v) is 4.66. The molecule has 10 nitrogen and oxygen atoms in total. The van der Waals surface area contributed by atoms with Crippen molar-refractivity contribution in [3.63, 3.8) is 0 Å². The summed E-state index contributed by atoms with van der Waals surface area (Å²) in [5, 5.41) is 16.5. The molecule has 0 aliphatic carbocycles. The van der Waals surface area contributed by atoms with E-state index in [-0.39, 0.29) is 13.0 Å². The quantitative estimate of drug-likeness (QED) is 0.774. The van der Waals surface area contributed by atoms with Crippen LogP contribution in [0.5, 0.6) is 11.5 Å². The van der Waals surface area contributed by atoms with E-state index < -0.39 is 11.9 Å². The van der Waals surface area contributed by atoms with E-state index in [1.165, 1.54) is 19.0 Å².